The van der Waals surface area contributed by atoms with Gasteiger partial charge in [-0.05, 0) is 59.7 Å². The van der Waals surface area contributed by atoms with Gasteiger partial charge in [0.2, 0.25) is 21.8 Å². The lowest BCUT2D eigenvalue weighted by Crippen LogP contribution is -2.43. The summed E-state index contributed by atoms with van der Waals surface area (Å²) in [4.78, 5) is 29.7. The Morgan fingerprint density at radius 2 is 1.41 bits per heavy atom. The zero-order valence-corrected chi connectivity index (χ0v) is 26.0. The van der Waals surface area contributed by atoms with Crippen LogP contribution in [0.2, 0.25) is 5.02 Å². The van der Waals surface area contributed by atoms with Crippen LogP contribution >= 0.6 is 11.6 Å². The predicted octanol–water partition coefficient (Wildman–Crippen LogP) is 6.14. The molecule has 1 fully saturated rings. The summed E-state index contributed by atoms with van der Waals surface area (Å²) < 4.78 is 27.4. The third kappa shape index (κ3) is 7.75. The van der Waals surface area contributed by atoms with Crippen LogP contribution in [0.4, 0.5) is 0 Å². The van der Waals surface area contributed by atoms with Crippen molar-refractivity contribution in [1.29, 1.82) is 0 Å². The molecule has 1 aliphatic rings. The maximum Gasteiger partial charge on any atom is 0.247 e. The molecule has 44 heavy (non-hydrogen) atoms. The molecule has 0 saturated carbocycles. The molecule has 7 nitrogen and oxygen atoms in total. The number of nitrogens with one attached hydrogen (secondary N) is 1. The van der Waals surface area contributed by atoms with Crippen molar-refractivity contribution in [1.82, 2.24) is 14.5 Å². The number of nitrogens with zero attached hydrogens (tertiary/aromatic N) is 2. The quantitative estimate of drug-likeness (QED) is 0.204. The first-order valence-corrected chi connectivity index (χ1v) is 16.6. The van der Waals surface area contributed by atoms with Gasteiger partial charge in [-0.1, -0.05) is 103 Å². The van der Waals surface area contributed by atoms with Crippen LogP contribution in [-0.2, 0) is 39.1 Å². The first-order valence-electron chi connectivity index (χ1n) is 14.8. The lowest BCUT2D eigenvalue weighted by Gasteiger charge is -2.32. The van der Waals surface area contributed by atoms with Gasteiger partial charge in [-0.2, -0.15) is 4.31 Å². The highest BCUT2D eigenvalue weighted by Crippen LogP contribution is 2.26. The van der Waals surface area contributed by atoms with Crippen molar-refractivity contribution in [3.05, 3.63) is 136 Å². The van der Waals surface area contributed by atoms with Gasteiger partial charge in [-0.25, -0.2) is 8.42 Å². The number of hydrogen-bond acceptors (Lipinski definition) is 4. The van der Waals surface area contributed by atoms with Gasteiger partial charge in [0.1, 0.15) is 6.04 Å². The second-order valence-electron chi connectivity index (χ2n) is 10.9. The SMILES string of the molecule is O=C(NCc1ccccc1Cl)[C@@H](c1ccccc1)N(Cc1ccccc1)C(=O)CCc1ccc(S(=O)(=O)N2CCCC2)cc1. The Balaban J connectivity index is 1.37. The highest BCUT2D eigenvalue weighted by atomic mass is 35.5. The highest BCUT2D eigenvalue weighted by Gasteiger charge is 2.32. The molecule has 228 valence electrons. The molecule has 4 aromatic rings. The monoisotopic (exact) mass is 629 g/mol. The second kappa shape index (κ2) is 14.7. The molecular formula is C35H36ClN3O4S. The Hall–Kier alpha value is -3.98. The van der Waals surface area contributed by atoms with E-state index in [0.29, 0.717) is 30.1 Å². The average molecular weight is 630 g/mol. The molecule has 1 atom stereocenters. The van der Waals surface area contributed by atoms with Crippen molar-refractivity contribution >= 4 is 33.4 Å². The molecule has 0 bridgehead atoms. The number of benzene rings is 4. The summed E-state index contributed by atoms with van der Waals surface area (Å²) in [6.07, 6.45) is 2.30. The smallest absolute Gasteiger partial charge is 0.247 e. The van der Waals surface area contributed by atoms with Crippen LogP contribution in [-0.4, -0.2) is 42.5 Å². The Bertz CT molecular complexity index is 1660. The van der Waals surface area contributed by atoms with Gasteiger partial charge in [-0.15, -0.1) is 0 Å². The van der Waals surface area contributed by atoms with Gasteiger partial charge in [0.15, 0.2) is 0 Å². The van der Waals surface area contributed by atoms with Gasteiger partial charge < -0.3 is 10.2 Å². The number of carbonyl (C=O) groups excluding carboxylic acids is 2. The molecule has 0 radical (unpaired) electrons. The van der Waals surface area contributed by atoms with E-state index < -0.39 is 16.1 Å². The zero-order valence-electron chi connectivity index (χ0n) is 24.4. The molecule has 0 aliphatic carbocycles. The molecule has 0 aromatic heterocycles. The van der Waals surface area contributed by atoms with Crippen LogP contribution in [0.1, 0.15) is 47.6 Å². The van der Waals surface area contributed by atoms with E-state index in [1.54, 1.807) is 35.2 Å². The fraction of sp³-hybridized carbons (Fsp3) is 0.257. The van der Waals surface area contributed by atoms with E-state index in [-0.39, 0.29) is 36.2 Å². The van der Waals surface area contributed by atoms with E-state index in [4.69, 9.17) is 11.6 Å². The van der Waals surface area contributed by atoms with Gasteiger partial charge in [0, 0.05) is 37.6 Å². The van der Waals surface area contributed by atoms with E-state index in [0.717, 1.165) is 29.5 Å². The molecule has 4 aromatic carbocycles. The van der Waals surface area contributed by atoms with Crippen LogP contribution in [0.25, 0.3) is 0 Å². The maximum atomic E-state index is 14.0. The first kappa shape index (κ1) is 31.4. The minimum absolute atomic E-state index is 0.145. The molecule has 0 unspecified atom stereocenters. The minimum Gasteiger partial charge on any atom is -0.350 e. The molecule has 9 heteroatoms. The lowest BCUT2D eigenvalue weighted by molar-refractivity contribution is -0.141. The largest absolute Gasteiger partial charge is 0.350 e. The molecule has 1 saturated heterocycles. The third-order valence-electron chi connectivity index (χ3n) is 7.86. The van der Waals surface area contributed by atoms with Gasteiger partial charge >= 0.3 is 0 Å². The fourth-order valence-corrected chi connectivity index (χ4v) is 7.15. The van der Waals surface area contributed by atoms with Crippen molar-refractivity contribution in [3.63, 3.8) is 0 Å². The van der Waals surface area contributed by atoms with Crippen molar-refractivity contribution in [2.75, 3.05) is 13.1 Å². The Labute approximate surface area is 264 Å². The summed E-state index contributed by atoms with van der Waals surface area (Å²) in [7, 11) is -3.51. The first-order chi connectivity index (χ1) is 21.3. The molecular weight excluding hydrogens is 594 g/mol. The molecule has 2 amide bonds. The van der Waals surface area contributed by atoms with E-state index in [1.165, 1.54) is 4.31 Å². The summed E-state index contributed by atoms with van der Waals surface area (Å²) in [6, 6.07) is 32.1. The predicted molar refractivity (Wildman–Crippen MR) is 172 cm³/mol. The van der Waals surface area contributed by atoms with Crippen LogP contribution in [0, 0.1) is 0 Å². The van der Waals surface area contributed by atoms with Crippen LogP contribution in [0.15, 0.2) is 114 Å². The minimum atomic E-state index is -3.51. The molecule has 1 aliphatic heterocycles. The van der Waals surface area contributed by atoms with Crippen molar-refractivity contribution in [3.8, 4) is 0 Å². The average Bonchev–Trinajstić information content (AvgIpc) is 3.61. The number of amides is 2. The van der Waals surface area contributed by atoms with E-state index in [2.05, 4.69) is 5.32 Å². The third-order valence-corrected chi connectivity index (χ3v) is 10.1. The Morgan fingerprint density at radius 3 is 2.07 bits per heavy atom. The molecule has 5 rings (SSSR count). The van der Waals surface area contributed by atoms with Gasteiger partial charge in [0.25, 0.3) is 0 Å². The second-order valence-corrected chi connectivity index (χ2v) is 13.2. The highest BCUT2D eigenvalue weighted by molar-refractivity contribution is 7.89. The summed E-state index contributed by atoms with van der Waals surface area (Å²) in [5.74, 6) is -0.499. The topological polar surface area (TPSA) is 86.8 Å². The fourth-order valence-electron chi connectivity index (χ4n) is 5.43. The lowest BCUT2D eigenvalue weighted by atomic mass is 10.0. The van der Waals surface area contributed by atoms with Crippen LogP contribution in [0.3, 0.4) is 0 Å². The zero-order chi connectivity index (χ0) is 30.9. The van der Waals surface area contributed by atoms with Crippen molar-refractivity contribution in [2.24, 2.45) is 0 Å². The van der Waals surface area contributed by atoms with Gasteiger partial charge in [-0.3, -0.25) is 9.59 Å². The number of hydrogen-bond donors (Lipinski definition) is 1. The van der Waals surface area contributed by atoms with Crippen molar-refractivity contribution < 1.29 is 18.0 Å². The normalized spacial score (nSPS) is 14.2. The molecule has 1 N–H and O–H groups in total. The van der Waals surface area contributed by atoms with Crippen molar-refractivity contribution in [2.45, 2.75) is 49.7 Å². The van der Waals surface area contributed by atoms with E-state index in [9.17, 15) is 18.0 Å². The number of rotatable bonds is 12. The van der Waals surface area contributed by atoms with Gasteiger partial charge in [0.05, 0.1) is 4.90 Å². The van der Waals surface area contributed by atoms with E-state index >= 15 is 0 Å². The van der Waals surface area contributed by atoms with Crippen LogP contribution in [0.5, 0.6) is 0 Å². The van der Waals surface area contributed by atoms with Crippen LogP contribution < -0.4 is 5.32 Å². The standard InChI is InChI=1S/C35H36ClN3O4S/c36-32-16-8-7-15-30(32)25-37-35(41)34(29-13-5-2-6-14-29)39(26-28-11-3-1-4-12-28)33(40)22-19-27-17-20-31(21-18-27)44(42,43)38-23-9-10-24-38/h1-8,11-18,20-21,34H,9-10,19,22-26H2,(H,37,41)/t34-/m1/s1. The summed E-state index contributed by atoms with van der Waals surface area (Å²) in [5.41, 5.74) is 3.23. The summed E-state index contributed by atoms with van der Waals surface area (Å²) >= 11 is 6.34. The molecule has 1 heterocycles. The number of sulfonamides is 1. The Morgan fingerprint density at radius 1 is 0.795 bits per heavy atom. The number of carbonyl (C=O) groups is 2. The maximum absolute atomic E-state index is 14.0. The molecule has 0 spiro atoms. The Kier molecular flexibility index (Phi) is 10.5. The van der Waals surface area contributed by atoms with E-state index in [1.807, 2.05) is 78.9 Å². The summed E-state index contributed by atoms with van der Waals surface area (Å²) in [6.45, 7) is 1.56. The summed E-state index contributed by atoms with van der Waals surface area (Å²) in [5, 5.41) is 3.55. The number of halogens is 1. The number of aryl methyl sites for hydroxylation is 1.